The summed E-state index contributed by atoms with van der Waals surface area (Å²) in [7, 11) is 0. The first-order valence-electron chi connectivity index (χ1n) is 8.58. The molecule has 4 rings (SSSR count). The largest absolute Gasteiger partial charge is 0.352 e. The number of aromatic nitrogens is 2. The molecule has 1 aliphatic heterocycles. The minimum atomic E-state index is -0.0711. The van der Waals surface area contributed by atoms with Crippen LogP contribution in [0, 0.1) is 0 Å². The molecule has 2 atom stereocenters. The van der Waals surface area contributed by atoms with Gasteiger partial charge in [0, 0.05) is 24.4 Å². The molecule has 2 aliphatic carbocycles. The summed E-state index contributed by atoms with van der Waals surface area (Å²) in [5.74, 6) is 2.60. The molecule has 1 saturated heterocycles. The molecule has 2 heterocycles. The molecule has 120 valence electrons. The van der Waals surface area contributed by atoms with Crippen LogP contribution in [0.5, 0.6) is 0 Å². The Morgan fingerprint density at radius 3 is 2.82 bits per heavy atom. The van der Waals surface area contributed by atoms with E-state index in [9.17, 15) is 4.79 Å². The number of carbonyl (C=O) groups is 1. The Morgan fingerprint density at radius 2 is 2.09 bits per heavy atom. The molecule has 3 aliphatic rings. The van der Waals surface area contributed by atoms with E-state index in [0.717, 1.165) is 50.5 Å². The third kappa shape index (κ3) is 3.02. The van der Waals surface area contributed by atoms with E-state index in [4.69, 9.17) is 4.52 Å². The van der Waals surface area contributed by atoms with Crippen molar-refractivity contribution in [1.29, 1.82) is 0 Å². The highest BCUT2D eigenvalue weighted by Crippen LogP contribution is 2.39. The van der Waals surface area contributed by atoms with Gasteiger partial charge in [0.05, 0.1) is 6.04 Å². The van der Waals surface area contributed by atoms with Crippen molar-refractivity contribution < 1.29 is 9.32 Å². The molecule has 2 unspecified atom stereocenters. The van der Waals surface area contributed by atoms with Gasteiger partial charge in [0.2, 0.25) is 11.8 Å². The average Bonchev–Trinajstić information content (AvgIpc) is 3.47. The topological polar surface area (TPSA) is 71.3 Å². The van der Waals surface area contributed by atoms with Crippen molar-refractivity contribution in [2.45, 2.75) is 69.4 Å². The van der Waals surface area contributed by atoms with E-state index in [0.29, 0.717) is 17.9 Å². The molecule has 1 aromatic heterocycles. The van der Waals surface area contributed by atoms with E-state index in [1.165, 1.54) is 12.8 Å². The smallest absolute Gasteiger partial charge is 0.237 e. The highest BCUT2D eigenvalue weighted by molar-refractivity contribution is 5.81. The minimum Gasteiger partial charge on any atom is -0.352 e. The number of hydrogen-bond acceptors (Lipinski definition) is 5. The van der Waals surface area contributed by atoms with Gasteiger partial charge in [-0.25, -0.2) is 0 Å². The number of likely N-dealkylation sites (tertiary alicyclic amines) is 1. The van der Waals surface area contributed by atoms with Crippen molar-refractivity contribution in [1.82, 2.24) is 20.4 Å². The van der Waals surface area contributed by atoms with Crippen LogP contribution in [0.3, 0.4) is 0 Å². The summed E-state index contributed by atoms with van der Waals surface area (Å²) < 4.78 is 5.39. The van der Waals surface area contributed by atoms with Crippen molar-refractivity contribution in [3.8, 4) is 0 Å². The first kappa shape index (κ1) is 14.2. The van der Waals surface area contributed by atoms with E-state index in [1.807, 2.05) is 6.92 Å². The van der Waals surface area contributed by atoms with E-state index in [1.54, 1.807) is 0 Å². The number of nitrogens with one attached hydrogen (secondary N) is 1. The maximum Gasteiger partial charge on any atom is 0.237 e. The second kappa shape index (κ2) is 5.65. The molecular formula is C16H24N4O2. The number of amides is 1. The van der Waals surface area contributed by atoms with Crippen molar-refractivity contribution >= 4 is 5.91 Å². The van der Waals surface area contributed by atoms with Crippen molar-refractivity contribution in [2.24, 2.45) is 0 Å². The lowest BCUT2D eigenvalue weighted by atomic mass is 9.96. The molecule has 1 N–H and O–H groups in total. The van der Waals surface area contributed by atoms with E-state index < -0.39 is 0 Å². The zero-order chi connectivity index (χ0) is 15.1. The first-order chi connectivity index (χ1) is 10.7. The fourth-order valence-electron chi connectivity index (χ4n) is 3.19. The normalized spacial score (nSPS) is 27.6. The van der Waals surface area contributed by atoms with E-state index in [-0.39, 0.29) is 11.9 Å². The van der Waals surface area contributed by atoms with Gasteiger partial charge in [0.1, 0.15) is 0 Å². The Balaban J connectivity index is 1.38. The summed E-state index contributed by atoms with van der Waals surface area (Å²) in [6.45, 7) is 3.83. The Hall–Kier alpha value is -1.43. The third-order valence-electron chi connectivity index (χ3n) is 5.05. The molecule has 0 aromatic carbocycles. The number of nitrogens with zero attached hydrogens (tertiary/aromatic N) is 3. The SMILES string of the molecule is CC(C(=O)NC1CC1)N1CCCC(c2noc(C3CC3)n2)C1. The fraction of sp³-hybridized carbons (Fsp3) is 0.812. The maximum atomic E-state index is 12.2. The van der Waals surface area contributed by atoms with Gasteiger partial charge < -0.3 is 9.84 Å². The molecule has 22 heavy (non-hydrogen) atoms. The number of carbonyl (C=O) groups excluding carboxylic acids is 1. The van der Waals surface area contributed by atoms with Crippen LogP contribution in [0.1, 0.15) is 69.0 Å². The molecule has 0 spiro atoms. The molecule has 6 heteroatoms. The van der Waals surface area contributed by atoms with Crippen molar-refractivity contribution in [2.75, 3.05) is 13.1 Å². The molecule has 0 bridgehead atoms. The Labute approximate surface area is 130 Å². The zero-order valence-electron chi connectivity index (χ0n) is 13.1. The second-order valence-electron chi connectivity index (χ2n) is 7.06. The summed E-state index contributed by atoms with van der Waals surface area (Å²) >= 11 is 0. The van der Waals surface area contributed by atoms with Gasteiger partial charge in [-0.1, -0.05) is 5.16 Å². The molecular weight excluding hydrogens is 280 g/mol. The van der Waals surface area contributed by atoms with Crippen molar-refractivity contribution in [3.63, 3.8) is 0 Å². The van der Waals surface area contributed by atoms with Gasteiger partial charge in [-0.2, -0.15) is 4.98 Å². The van der Waals surface area contributed by atoms with Gasteiger partial charge in [0.15, 0.2) is 5.82 Å². The Kier molecular flexibility index (Phi) is 3.64. The Bertz CT molecular complexity index is 550. The van der Waals surface area contributed by atoms with Gasteiger partial charge in [0.25, 0.3) is 0 Å². The Morgan fingerprint density at radius 1 is 1.27 bits per heavy atom. The fourth-order valence-corrected chi connectivity index (χ4v) is 3.19. The molecule has 2 saturated carbocycles. The standard InChI is InChI=1S/C16H24N4O2/c1-10(15(21)17-13-6-7-13)20-8-2-3-12(9-20)14-18-16(22-19-14)11-4-5-11/h10-13H,2-9H2,1H3,(H,17,21). The summed E-state index contributed by atoms with van der Waals surface area (Å²) in [6.07, 6.45) is 6.78. The maximum absolute atomic E-state index is 12.2. The van der Waals surface area contributed by atoms with Gasteiger partial charge in [-0.3, -0.25) is 9.69 Å². The second-order valence-corrected chi connectivity index (χ2v) is 7.06. The van der Waals surface area contributed by atoms with Crippen LogP contribution in [0.25, 0.3) is 0 Å². The highest BCUT2D eigenvalue weighted by atomic mass is 16.5. The van der Waals surface area contributed by atoms with Crippen LogP contribution in [0.4, 0.5) is 0 Å². The quantitative estimate of drug-likeness (QED) is 0.898. The summed E-state index contributed by atoms with van der Waals surface area (Å²) in [6, 6.07) is 0.354. The lowest BCUT2D eigenvalue weighted by molar-refractivity contribution is -0.126. The van der Waals surface area contributed by atoms with Crippen LogP contribution in [0.2, 0.25) is 0 Å². The van der Waals surface area contributed by atoms with Gasteiger partial charge >= 0.3 is 0 Å². The molecule has 1 aromatic rings. The van der Waals surface area contributed by atoms with Crippen LogP contribution >= 0.6 is 0 Å². The van der Waals surface area contributed by atoms with Crippen molar-refractivity contribution in [3.05, 3.63) is 11.7 Å². The van der Waals surface area contributed by atoms with Crippen LogP contribution in [0.15, 0.2) is 4.52 Å². The molecule has 0 radical (unpaired) electrons. The van der Waals surface area contributed by atoms with E-state index in [2.05, 4.69) is 20.4 Å². The minimum absolute atomic E-state index is 0.0711. The predicted octanol–water partition coefficient (Wildman–Crippen LogP) is 1.79. The van der Waals surface area contributed by atoms with E-state index >= 15 is 0 Å². The number of piperidine rings is 1. The first-order valence-corrected chi connectivity index (χ1v) is 8.58. The third-order valence-corrected chi connectivity index (χ3v) is 5.05. The van der Waals surface area contributed by atoms with Gasteiger partial charge in [-0.05, 0) is 52.0 Å². The number of rotatable bonds is 5. The van der Waals surface area contributed by atoms with Gasteiger partial charge in [-0.15, -0.1) is 0 Å². The zero-order valence-corrected chi connectivity index (χ0v) is 13.1. The number of hydrogen-bond donors (Lipinski definition) is 1. The summed E-state index contributed by atoms with van der Waals surface area (Å²) in [5, 5.41) is 7.29. The highest BCUT2D eigenvalue weighted by Gasteiger charge is 2.34. The summed E-state index contributed by atoms with van der Waals surface area (Å²) in [5.41, 5.74) is 0. The predicted molar refractivity (Wildman–Crippen MR) is 80.4 cm³/mol. The molecule has 1 amide bonds. The van der Waals surface area contributed by atoms with Crippen LogP contribution < -0.4 is 5.32 Å². The molecule has 3 fully saturated rings. The van der Waals surface area contributed by atoms with Crippen LogP contribution in [-0.4, -0.2) is 46.1 Å². The average molecular weight is 304 g/mol. The van der Waals surface area contributed by atoms with Crippen LogP contribution in [-0.2, 0) is 4.79 Å². The lowest BCUT2D eigenvalue weighted by Crippen LogP contribution is -2.49. The molecule has 6 nitrogen and oxygen atoms in total. The monoisotopic (exact) mass is 304 g/mol. The summed E-state index contributed by atoms with van der Waals surface area (Å²) in [4.78, 5) is 19.1. The lowest BCUT2D eigenvalue weighted by Gasteiger charge is -2.34.